The quantitative estimate of drug-likeness (QED) is 0.501. The smallest absolute Gasteiger partial charge is 0.232 e. The van der Waals surface area contributed by atoms with Crippen LogP contribution in [0.25, 0.3) is 11.5 Å². The number of nitrogens with one attached hydrogen (secondary N) is 1. The van der Waals surface area contributed by atoms with E-state index in [0.29, 0.717) is 23.9 Å². The molecule has 2 aromatic carbocycles. The summed E-state index contributed by atoms with van der Waals surface area (Å²) in [6.07, 6.45) is 2.79. The first-order valence-electron chi connectivity index (χ1n) is 9.72. The van der Waals surface area contributed by atoms with E-state index in [-0.39, 0.29) is 17.4 Å². The van der Waals surface area contributed by atoms with Crippen molar-refractivity contribution in [2.24, 2.45) is 0 Å². The number of thioether (sulfide) groups is 1. The van der Waals surface area contributed by atoms with E-state index in [4.69, 9.17) is 4.42 Å². The zero-order valence-electron chi connectivity index (χ0n) is 17.4. The molecule has 1 atom stereocenters. The van der Waals surface area contributed by atoms with E-state index in [1.807, 2.05) is 37.4 Å². The van der Waals surface area contributed by atoms with Crippen molar-refractivity contribution >= 4 is 28.5 Å². The first-order chi connectivity index (χ1) is 14.4. The maximum atomic E-state index is 12.4. The molecule has 0 fully saturated rings. The first-order valence-corrected chi connectivity index (χ1v) is 12.4. The van der Waals surface area contributed by atoms with E-state index in [9.17, 15) is 9.00 Å². The summed E-state index contributed by atoms with van der Waals surface area (Å²) >= 11 is 1.70. The van der Waals surface area contributed by atoms with Crippen LogP contribution in [0.1, 0.15) is 22.6 Å². The molecule has 0 saturated carbocycles. The number of nitrogens with zero attached hydrogens (tertiary/aromatic N) is 1. The van der Waals surface area contributed by atoms with Crippen molar-refractivity contribution in [3.63, 3.8) is 0 Å². The third-order valence-corrected chi connectivity index (χ3v) is 6.60. The van der Waals surface area contributed by atoms with Crippen molar-refractivity contribution in [1.29, 1.82) is 0 Å². The lowest BCUT2D eigenvalue weighted by molar-refractivity contribution is -0.118. The Morgan fingerprint density at radius 3 is 2.47 bits per heavy atom. The average molecular weight is 443 g/mol. The second kappa shape index (κ2) is 10.6. The summed E-state index contributed by atoms with van der Waals surface area (Å²) in [5.41, 5.74) is 3.83. The number of carbonyl (C=O) groups is 1. The highest BCUT2D eigenvalue weighted by Gasteiger charge is 2.16. The molecule has 1 heterocycles. The topological polar surface area (TPSA) is 72.2 Å². The summed E-state index contributed by atoms with van der Waals surface area (Å²) in [7, 11) is -1.35. The Balaban J connectivity index is 1.47. The van der Waals surface area contributed by atoms with Gasteiger partial charge < -0.3 is 9.73 Å². The van der Waals surface area contributed by atoms with Gasteiger partial charge in [-0.15, -0.1) is 11.8 Å². The van der Waals surface area contributed by atoms with Gasteiger partial charge in [0.2, 0.25) is 11.8 Å². The van der Waals surface area contributed by atoms with Crippen LogP contribution in [-0.2, 0) is 27.8 Å². The van der Waals surface area contributed by atoms with Crippen LogP contribution in [-0.4, -0.2) is 33.7 Å². The van der Waals surface area contributed by atoms with Crippen LogP contribution in [0.2, 0.25) is 0 Å². The van der Waals surface area contributed by atoms with Gasteiger partial charge in [-0.2, -0.15) is 0 Å². The molecule has 158 valence electrons. The number of carbonyl (C=O) groups excluding carboxylic acids is 1. The molecule has 0 radical (unpaired) electrons. The van der Waals surface area contributed by atoms with Crippen LogP contribution >= 0.6 is 11.8 Å². The predicted molar refractivity (Wildman–Crippen MR) is 123 cm³/mol. The van der Waals surface area contributed by atoms with Gasteiger partial charge in [-0.25, -0.2) is 4.98 Å². The van der Waals surface area contributed by atoms with Crippen LogP contribution in [0.3, 0.4) is 0 Å². The molecule has 0 aliphatic heterocycles. The molecule has 0 aliphatic rings. The maximum absolute atomic E-state index is 12.4. The van der Waals surface area contributed by atoms with Gasteiger partial charge in [-0.3, -0.25) is 9.00 Å². The molecule has 0 saturated heterocycles. The molecule has 1 aromatic heterocycles. The van der Waals surface area contributed by atoms with Crippen LogP contribution in [0.15, 0.2) is 57.8 Å². The van der Waals surface area contributed by atoms with Gasteiger partial charge in [-0.1, -0.05) is 29.8 Å². The van der Waals surface area contributed by atoms with Crippen molar-refractivity contribution in [1.82, 2.24) is 10.3 Å². The van der Waals surface area contributed by atoms with E-state index in [1.54, 1.807) is 18.7 Å². The minimum absolute atomic E-state index is 0.0441. The molecule has 7 heteroatoms. The predicted octanol–water partition coefficient (Wildman–Crippen LogP) is 4.29. The van der Waals surface area contributed by atoms with Crippen LogP contribution in [0.4, 0.5) is 0 Å². The Morgan fingerprint density at radius 1 is 1.10 bits per heavy atom. The molecule has 3 aromatic rings. The Kier molecular flexibility index (Phi) is 7.87. The summed E-state index contributed by atoms with van der Waals surface area (Å²) in [5.74, 6) is 1.08. The first kappa shape index (κ1) is 22.3. The largest absolute Gasteiger partial charge is 0.441 e. The SMILES string of the molecule is CSc1ccc(CCNC(=O)C[S@](=O)Cc2nc(-c3ccc(C)cc3)oc2C)cc1. The molecule has 0 unspecified atom stereocenters. The fraction of sp³-hybridized carbons (Fsp3) is 0.304. The second-order valence-electron chi connectivity index (χ2n) is 7.06. The number of hydrogen-bond acceptors (Lipinski definition) is 5. The van der Waals surface area contributed by atoms with Gasteiger partial charge in [0.1, 0.15) is 11.5 Å². The normalized spacial score (nSPS) is 12.0. The lowest BCUT2D eigenvalue weighted by Crippen LogP contribution is -2.30. The van der Waals surface area contributed by atoms with Crippen LogP contribution in [0.5, 0.6) is 0 Å². The number of hydrogen-bond donors (Lipinski definition) is 1. The molecule has 0 bridgehead atoms. The molecule has 1 amide bonds. The van der Waals surface area contributed by atoms with E-state index >= 15 is 0 Å². The van der Waals surface area contributed by atoms with Gasteiger partial charge in [0.25, 0.3) is 0 Å². The lowest BCUT2D eigenvalue weighted by atomic mass is 10.1. The Hall–Kier alpha value is -2.38. The molecule has 30 heavy (non-hydrogen) atoms. The van der Waals surface area contributed by atoms with Crippen molar-refractivity contribution in [2.45, 2.75) is 30.9 Å². The Morgan fingerprint density at radius 2 is 1.80 bits per heavy atom. The second-order valence-corrected chi connectivity index (χ2v) is 9.40. The van der Waals surface area contributed by atoms with E-state index in [2.05, 4.69) is 34.6 Å². The highest BCUT2D eigenvalue weighted by Crippen LogP contribution is 2.23. The number of oxazole rings is 1. The number of benzene rings is 2. The standard InChI is InChI=1S/C23H26N2O3S2/c1-16-4-8-19(9-5-16)23-25-21(17(2)28-23)14-30(27)15-22(26)24-13-12-18-6-10-20(29-3)11-7-18/h4-11H,12-15H2,1-3H3,(H,24,26)/t30-/m1/s1. The molecule has 3 rings (SSSR count). The zero-order chi connectivity index (χ0) is 21.5. The van der Waals surface area contributed by atoms with Crippen molar-refractivity contribution < 1.29 is 13.4 Å². The van der Waals surface area contributed by atoms with Crippen molar-refractivity contribution in [3.8, 4) is 11.5 Å². The van der Waals surface area contributed by atoms with E-state index in [0.717, 1.165) is 23.1 Å². The number of aryl methyl sites for hydroxylation is 2. The highest BCUT2D eigenvalue weighted by atomic mass is 32.2. The van der Waals surface area contributed by atoms with Gasteiger partial charge in [0.15, 0.2) is 0 Å². The number of rotatable bonds is 9. The minimum Gasteiger partial charge on any atom is -0.441 e. The zero-order valence-corrected chi connectivity index (χ0v) is 19.1. The van der Waals surface area contributed by atoms with Crippen molar-refractivity contribution in [3.05, 3.63) is 71.1 Å². The van der Waals surface area contributed by atoms with Gasteiger partial charge in [0.05, 0.1) is 11.4 Å². The molecule has 0 aliphatic carbocycles. The monoisotopic (exact) mass is 442 g/mol. The van der Waals surface area contributed by atoms with E-state index in [1.165, 1.54) is 4.90 Å². The number of amides is 1. The third-order valence-electron chi connectivity index (χ3n) is 4.68. The fourth-order valence-corrected chi connectivity index (χ4v) is 4.40. The van der Waals surface area contributed by atoms with Crippen molar-refractivity contribution in [2.75, 3.05) is 18.6 Å². The van der Waals surface area contributed by atoms with Gasteiger partial charge >= 0.3 is 0 Å². The van der Waals surface area contributed by atoms with Crippen LogP contribution in [0, 0.1) is 13.8 Å². The third kappa shape index (κ3) is 6.31. The molecule has 0 spiro atoms. The average Bonchev–Trinajstić information content (AvgIpc) is 3.09. The lowest BCUT2D eigenvalue weighted by Gasteiger charge is -2.06. The Bertz CT molecular complexity index is 1010. The summed E-state index contributed by atoms with van der Waals surface area (Å²) in [6, 6.07) is 16.2. The summed E-state index contributed by atoms with van der Waals surface area (Å²) < 4.78 is 18.2. The highest BCUT2D eigenvalue weighted by molar-refractivity contribution is 7.98. The molecule has 1 N–H and O–H groups in total. The summed E-state index contributed by atoms with van der Waals surface area (Å²) in [4.78, 5) is 17.8. The summed E-state index contributed by atoms with van der Waals surface area (Å²) in [6.45, 7) is 4.35. The minimum atomic E-state index is -1.35. The maximum Gasteiger partial charge on any atom is 0.232 e. The molecular weight excluding hydrogens is 416 g/mol. The van der Waals surface area contributed by atoms with Gasteiger partial charge in [-0.05, 0) is 56.4 Å². The Labute approximate surface area is 184 Å². The molecule has 5 nitrogen and oxygen atoms in total. The van der Waals surface area contributed by atoms with Crippen LogP contribution < -0.4 is 5.32 Å². The number of aromatic nitrogens is 1. The summed E-state index contributed by atoms with van der Waals surface area (Å²) in [5, 5.41) is 2.85. The molecular formula is C23H26N2O3S2. The van der Waals surface area contributed by atoms with E-state index < -0.39 is 10.8 Å². The fourth-order valence-electron chi connectivity index (χ4n) is 2.92. The van der Waals surface area contributed by atoms with Gasteiger partial charge in [0, 0.05) is 27.8 Å².